The molecule has 1 aromatic heterocycles. The molecular weight excluding hydrogens is 290 g/mol. The Morgan fingerprint density at radius 1 is 1.39 bits per heavy atom. The number of carbonyl (C=O) groups excluding carboxylic acids is 1. The lowest BCUT2D eigenvalue weighted by atomic mass is 10.1. The van der Waals surface area contributed by atoms with E-state index in [1.807, 2.05) is 19.1 Å². The van der Waals surface area contributed by atoms with E-state index in [0.717, 1.165) is 12.0 Å². The number of hydrogen-bond acceptors (Lipinski definition) is 5. The number of nitrogens with one attached hydrogen (secondary N) is 1. The number of aromatic nitrogens is 1. The van der Waals surface area contributed by atoms with Gasteiger partial charge in [0.2, 0.25) is 5.88 Å². The number of Topliss-reactive ketones (excluding diaryl/α,β-unsaturated/α-hetero) is 1. The number of benzene rings is 1. The van der Waals surface area contributed by atoms with E-state index in [9.17, 15) is 10.1 Å². The Hall–Kier alpha value is -2.87. The maximum Gasteiger partial charge on any atom is 0.218 e. The molecule has 0 spiro atoms. The zero-order valence-corrected chi connectivity index (χ0v) is 13.3. The first-order valence-corrected chi connectivity index (χ1v) is 7.51. The van der Waals surface area contributed by atoms with Crippen molar-refractivity contribution in [3.05, 3.63) is 53.2 Å². The van der Waals surface area contributed by atoms with Crippen LogP contribution in [0.5, 0.6) is 5.88 Å². The van der Waals surface area contributed by atoms with Crippen LogP contribution in [-0.2, 0) is 6.54 Å². The monoisotopic (exact) mass is 309 g/mol. The van der Waals surface area contributed by atoms with Crippen molar-refractivity contribution in [1.82, 2.24) is 4.98 Å². The summed E-state index contributed by atoms with van der Waals surface area (Å²) in [6.45, 7) is 4.60. The number of ether oxygens (including phenoxy) is 1. The second kappa shape index (κ2) is 7.95. The van der Waals surface area contributed by atoms with E-state index in [1.165, 1.54) is 6.92 Å². The lowest BCUT2D eigenvalue weighted by molar-refractivity contribution is 0.101. The number of hydrogen-bond donors (Lipinski definition) is 1. The van der Waals surface area contributed by atoms with Crippen molar-refractivity contribution in [2.24, 2.45) is 0 Å². The molecule has 0 saturated heterocycles. The Labute approximate surface area is 135 Å². The van der Waals surface area contributed by atoms with Gasteiger partial charge in [0.1, 0.15) is 6.07 Å². The van der Waals surface area contributed by atoms with Crippen molar-refractivity contribution in [2.75, 3.05) is 11.9 Å². The highest BCUT2D eigenvalue weighted by atomic mass is 16.5. The largest absolute Gasteiger partial charge is 0.477 e. The van der Waals surface area contributed by atoms with Gasteiger partial charge in [0.15, 0.2) is 5.78 Å². The zero-order chi connectivity index (χ0) is 16.7. The third-order valence-corrected chi connectivity index (χ3v) is 3.31. The van der Waals surface area contributed by atoms with Gasteiger partial charge in [-0.2, -0.15) is 5.26 Å². The minimum atomic E-state index is -0.0362. The van der Waals surface area contributed by atoms with Gasteiger partial charge in [-0.15, -0.1) is 0 Å². The molecule has 0 amide bonds. The summed E-state index contributed by atoms with van der Waals surface area (Å²) in [5, 5.41) is 12.4. The highest BCUT2D eigenvalue weighted by Crippen LogP contribution is 2.21. The van der Waals surface area contributed by atoms with E-state index < -0.39 is 0 Å². The molecule has 0 fully saturated rings. The number of carbonyl (C=O) groups is 1. The minimum absolute atomic E-state index is 0.0362. The van der Waals surface area contributed by atoms with Gasteiger partial charge in [0.05, 0.1) is 17.9 Å². The molecule has 0 atom stereocenters. The lowest BCUT2D eigenvalue weighted by Crippen LogP contribution is -2.07. The number of pyridine rings is 1. The molecule has 0 aliphatic rings. The Kier molecular flexibility index (Phi) is 5.70. The number of nitrogens with zero attached hydrogens (tertiary/aromatic N) is 2. The molecule has 2 aromatic rings. The highest BCUT2D eigenvalue weighted by Gasteiger charge is 2.09. The summed E-state index contributed by atoms with van der Waals surface area (Å²) in [6.07, 6.45) is 2.59. The van der Waals surface area contributed by atoms with Gasteiger partial charge in [-0.25, -0.2) is 4.98 Å². The van der Waals surface area contributed by atoms with E-state index in [2.05, 4.69) is 16.4 Å². The second-order valence-corrected chi connectivity index (χ2v) is 5.10. The summed E-state index contributed by atoms with van der Waals surface area (Å²) in [5.41, 5.74) is 2.60. The maximum atomic E-state index is 11.5. The van der Waals surface area contributed by atoms with Crippen molar-refractivity contribution in [1.29, 1.82) is 5.26 Å². The molecule has 0 aliphatic heterocycles. The van der Waals surface area contributed by atoms with Crippen LogP contribution in [-0.4, -0.2) is 17.4 Å². The SMILES string of the molecule is CCCOc1ncccc1CNc1cc(C(C)=O)ccc1C#N. The van der Waals surface area contributed by atoms with Crippen LogP contribution < -0.4 is 10.1 Å². The Morgan fingerprint density at radius 2 is 2.22 bits per heavy atom. The van der Waals surface area contributed by atoms with Gasteiger partial charge < -0.3 is 10.1 Å². The zero-order valence-electron chi connectivity index (χ0n) is 13.3. The molecule has 1 aromatic carbocycles. The van der Waals surface area contributed by atoms with Crippen LogP contribution in [0.15, 0.2) is 36.5 Å². The van der Waals surface area contributed by atoms with Crippen LogP contribution in [0.4, 0.5) is 5.69 Å². The van der Waals surface area contributed by atoms with Gasteiger partial charge in [0.25, 0.3) is 0 Å². The van der Waals surface area contributed by atoms with Crippen LogP contribution in [0.3, 0.4) is 0 Å². The molecule has 0 radical (unpaired) electrons. The van der Waals surface area contributed by atoms with Gasteiger partial charge in [-0.3, -0.25) is 4.79 Å². The second-order valence-electron chi connectivity index (χ2n) is 5.10. The quantitative estimate of drug-likeness (QED) is 0.791. The first-order chi connectivity index (χ1) is 11.2. The molecule has 0 bridgehead atoms. The van der Waals surface area contributed by atoms with Crippen molar-refractivity contribution in [3.63, 3.8) is 0 Å². The Morgan fingerprint density at radius 3 is 2.91 bits per heavy atom. The number of anilines is 1. The molecule has 23 heavy (non-hydrogen) atoms. The first kappa shape index (κ1) is 16.5. The van der Waals surface area contributed by atoms with Gasteiger partial charge in [0, 0.05) is 23.9 Å². The average Bonchev–Trinajstić information content (AvgIpc) is 2.58. The van der Waals surface area contributed by atoms with Crippen LogP contribution >= 0.6 is 0 Å². The normalized spacial score (nSPS) is 9.96. The van der Waals surface area contributed by atoms with E-state index in [-0.39, 0.29) is 5.78 Å². The molecule has 1 N–H and O–H groups in total. The average molecular weight is 309 g/mol. The molecule has 0 saturated carbocycles. The molecular formula is C18H19N3O2. The van der Waals surface area contributed by atoms with E-state index >= 15 is 0 Å². The molecule has 118 valence electrons. The summed E-state index contributed by atoms with van der Waals surface area (Å²) in [5.74, 6) is 0.550. The summed E-state index contributed by atoms with van der Waals surface area (Å²) < 4.78 is 5.62. The summed E-state index contributed by atoms with van der Waals surface area (Å²) in [4.78, 5) is 15.7. The third kappa shape index (κ3) is 4.30. The van der Waals surface area contributed by atoms with Crippen molar-refractivity contribution >= 4 is 11.5 Å². The minimum Gasteiger partial charge on any atom is -0.477 e. The van der Waals surface area contributed by atoms with Crippen LogP contribution in [0.2, 0.25) is 0 Å². The molecule has 5 nitrogen and oxygen atoms in total. The van der Waals surface area contributed by atoms with Crippen molar-refractivity contribution in [2.45, 2.75) is 26.8 Å². The molecule has 1 heterocycles. The van der Waals surface area contributed by atoms with E-state index in [1.54, 1.807) is 24.4 Å². The topological polar surface area (TPSA) is 75.0 Å². The Bertz CT molecular complexity index is 735. The number of nitriles is 1. The molecule has 2 rings (SSSR count). The predicted molar refractivity (Wildman–Crippen MR) is 88.5 cm³/mol. The summed E-state index contributed by atoms with van der Waals surface area (Å²) in [7, 11) is 0. The fraction of sp³-hybridized carbons (Fsp3) is 0.278. The lowest BCUT2D eigenvalue weighted by Gasteiger charge is -2.12. The Balaban J connectivity index is 2.19. The fourth-order valence-electron chi connectivity index (χ4n) is 2.08. The van der Waals surface area contributed by atoms with Crippen LogP contribution in [0.25, 0.3) is 0 Å². The van der Waals surface area contributed by atoms with Crippen LogP contribution in [0, 0.1) is 11.3 Å². The highest BCUT2D eigenvalue weighted by molar-refractivity contribution is 5.95. The number of rotatable bonds is 7. The van der Waals surface area contributed by atoms with Gasteiger partial charge in [-0.05, 0) is 37.6 Å². The van der Waals surface area contributed by atoms with Crippen LogP contribution in [0.1, 0.15) is 41.8 Å². The van der Waals surface area contributed by atoms with Crippen molar-refractivity contribution in [3.8, 4) is 11.9 Å². The molecule has 5 heteroatoms. The number of ketones is 1. The smallest absolute Gasteiger partial charge is 0.218 e. The molecule has 0 unspecified atom stereocenters. The maximum absolute atomic E-state index is 11.5. The third-order valence-electron chi connectivity index (χ3n) is 3.31. The first-order valence-electron chi connectivity index (χ1n) is 7.51. The summed E-state index contributed by atoms with van der Waals surface area (Å²) in [6, 6.07) is 10.9. The predicted octanol–water partition coefficient (Wildman–Crippen LogP) is 3.56. The van der Waals surface area contributed by atoms with Crippen molar-refractivity contribution < 1.29 is 9.53 Å². The van der Waals surface area contributed by atoms with E-state index in [0.29, 0.717) is 35.8 Å². The molecule has 0 aliphatic carbocycles. The standard InChI is InChI=1S/C18H19N3O2/c1-3-9-23-18-16(5-4-8-20-18)12-21-17-10-14(13(2)22)6-7-15(17)11-19/h4-8,10,21H,3,9,12H2,1-2H3. The van der Waals surface area contributed by atoms with Gasteiger partial charge >= 0.3 is 0 Å². The fourth-order valence-corrected chi connectivity index (χ4v) is 2.08. The van der Waals surface area contributed by atoms with Gasteiger partial charge in [-0.1, -0.05) is 13.0 Å². The van der Waals surface area contributed by atoms with E-state index in [4.69, 9.17) is 4.74 Å². The summed E-state index contributed by atoms with van der Waals surface area (Å²) >= 11 is 0.